The number of carbonyl (C=O) groups excluding carboxylic acids is 1. The van der Waals surface area contributed by atoms with Gasteiger partial charge in [0.25, 0.3) is 5.91 Å². The van der Waals surface area contributed by atoms with Gasteiger partial charge in [0.15, 0.2) is 5.69 Å². The van der Waals surface area contributed by atoms with Crippen LogP contribution in [0.4, 0.5) is 0 Å². The molecule has 2 fully saturated rings. The minimum atomic E-state index is -0.0214. The van der Waals surface area contributed by atoms with Gasteiger partial charge in [-0.05, 0) is 45.6 Å². The zero-order valence-corrected chi connectivity index (χ0v) is 13.7. The fraction of sp³-hybridized carbons (Fsp3) is 0.588. The second-order valence-corrected chi connectivity index (χ2v) is 6.81. The van der Waals surface area contributed by atoms with Crippen molar-refractivity contribution in [3.63, 3.8) is 0 Å². The SMILES string of the molecule is Cc1cc(C)n(C2CCCN(C(=O)c3cc(C4CC4)on3)C2)n1. The Bertz CT molecular complexity index is 729. The van der Waals surface area contributed by atoms with Crippen LogP contribution in [0.2, 0.25) is 0 Å². The molecule has 0 bridgehead atoms. The smallest absolute Gasteiger partial charge is 0.276 e. The first kappa shape index (κ1) is 14.5. The van der Waals surface area contributed by atoms with Gasteiger partial charge in [0, 0.05) is 30.8 Å². The lowest BCUT2D eigenvalue weighted by Gasteiger charge is -2.33. The first-order valence-electron chi connectivity index (χ1n) is 8.40. The van der Waals surface area contributed by atoms with Crippen molar-refractivity contribution in [1.29, 1.82) is 0 Å². The van der Waals surface area contributed by atoms with Gasteiger partial charge in [0.1, 0.15) is 5.76 Å². The maximum absolute atomic E-state index is 12.7. The van der Waals surface area contributed by atoms with Crippen LogP contribution in [0.3, 0.4) is 0 Å². The van der Waals surface area contributed by atoms with Crippen LogP contribution in [0.25, 0.3) is 0 Å². The Morgan fingerprint density at radius 1 is 1.26 bits per heavy atom. The third-order valence-corrected chi connectivity index (χ3v) is 4.80. The first-order chi connectivity index (χ1) is 11.1. The molecule has 122 valence electrons. The van der Waals surface area contributed by atoms with Crippen LogP contribution in [-0.2, 0) is 0 Å². The molecule has 1 saturated heterocycles. The molecule has 6 heteroatoms. The maximum Gasteiger partial charge on any atom is 0.276 e. The zero-order chi connectivity index (χ0) is 16.0. The van der Waals surface area contributed by atoms with Gasteiger partial charge < -0.3 is 9.42 Å². The molecule has 2 aromatic heterocycles. The summed E-state index contributed by atoms with van der Waals surface area (Å²) in [5, 5.41) is 8.56. The highest BCUT2D eigenvalue weighted by Crippen LogP contribution is 2.40. The van der Waals surface area contributed by atoms with Gasteiger partial charge in [-0.2, -0.15) is 5.10 Å². The molecule has 23 heavy (non-hydrogen) atoms. The fourth-order valence-electron chi connectivity index (χ4n) is 3.47. The highest BCUT2D eigenvalue weighted by Gasteiger charge is 2.31. The second-order valence-electron chi connectivity index (χ2n) is 6.81. The molecule has 0 aromatic carbocycles. The Balaban J connectivity index is 1.49. The van der Waals surface area contributed by atoms with Crippen molar-refractivity contribution in [2.24, 2.45) is 0 Å². The summed E-state index contributed by atoms with van der Waals surface area (Å²) >= 11 is 0. The van der Waals surface area contributed by atoms with E-state index in [1.54, 1.807) is 0 Å². The Kier molecular flexibility index (Phi) is 3.47. The molecular weight excluding hydrogens is 292 g/mol. The van der Waals surface area contributed by atoms with Gasteiger partial charge in [-0.1, -0.05) is 5.16 Å². The Morgan fingerprint density at radius 3 is 2.78 bits per heavy atom. The number of likely N-dealkylation sites (tertiary alicyclic amines) is 1. The molecule has 3 heterocycles. The normalized spacial score (nSPS) is 21.7. The van der Waals surface area contributed by atoms with Crippen LogP contribution in [0.15, 0.2) is 16.7 Å². The number of amides is 1. The summed E-state index contributed by atoms with van der Waals surface area (Å²) in [7, 11) is 0. The van der Waals surface area contributed by atoms with E-state index in [1.165, 1.54) is 0 Å². The summed E-state index contributed by atoms with van der Waals surface area (Å²) in [5.74, 6) is 1.32. The quantitative estimate of drug-likeness (QED) is 0.874. The largest absolute Gasteiger partial charge is 0.360 e. The lowest BCUT2D eigenvalue weighted by Crippen LogP contribution is -2.41. The molecule has 1 aliphatic heterocycles. The number of hydrogen-bond donors (Lipinski definition) is 0. The average molecular weight is 314 g/mol. The Morgan fingerprint density at radius 2 is 2.09 bits per heavy atom. The maximum atomic E-state index is 12.7. The van der Waals surface area contributed by atoms with Crippen molar-refractivity contribution in [3.8, 4) is 0 Å². The second kappa shape index (κ2) is 5.51. The van der Waals surface area contributed by atoms with Gasteiger partial charge in [0.2, 0.25) is 0 Å². The van der Waals surface area contributed by atoms with E-state index in [1.807, 2.05) is 17.9 Å². The average Bonchev–Trinajstić information content (AvgIpc) is 3.18. The molecule has 1 amide bonds. The van der Waals surface area contributed by atoms with Crippen LogP contribution in [0.1, 0.15) is 65.3 Å². The molecule has 1 atom stereocenters. The standard InChI is InChI=1S/C17H22N4O2/c1-11-8-12(2)21(18-11)14-4-3-7-20(10-14)17(22)15-9-16(23-19-15)13-5-6-13/h8-9,13-14H,3-7,10H2,1-2H3. The topological polar surface area (TPSA) is 64.2 Å². The highest BCUT2D eigenvalue weighted by molar-refractivity contribution is 5.92. The summed E-state index contributed by atoms with van der Waals surface area (Å²) in [4.78, 5) is 14.6. The molecule has 2 aliphatic rings. The van der Waals surface area contributed by atoms with Gasteiger partial charge >= 0.3 is 0 Å². The molecule has 0 radical (unpaired) electrons. The lowest BCUT2D eigenvalue weighted by atomic mass is 10.1. The van der Waals surface area contributed by atoms with Crippen LogP contribution < -0.4 is 0 Å². The van der Waals surface area contributed by atoms with Gasteiger partial charge in [-0.3, -0.25) is 9.48 Å². The molecule has 6 nitrogen and oxygen atoms in total. The summed E-state index contributed by atoms with van der Waals surface area (Å²) in [6, 6.07) is 4.16. The molecule has 1 aliphatic carbocycles. The number of piperidine rings is 1. The van der Waals surface area contributed by atoms with Crippen molar-refractivity contribution < 1.29 is 9.32 Å². The van der Waals surface area contributed by atoms with Crippen molar-refractivity contribution in [3.05, 3.63) is 35.0 Å². The third-order valence-electron chi connectivity index (χ3n) is 4.80. The summed E-state index contributed by atoms with van der Waals surface area (Å²) < 4.78 is 7.38. The number of hydrogen-bond acceptors (Lipinski definition) is 4. The number of nitrogens with zero attached hydrogens (tertiary/aromatic N) is 4. The van der Waals surface area contributed by atoms with E-state index in [0.717, 1.165) is 49.4 Å². The molecule has 4 rings (SSSR count). The first-order valence-corrected chi connectivity index (χ1v) is 8.40. The highest BCUT2D eigenvalue weighted by atomic mass is 16.5. The Hall–Kier alpha value is -2.11. The fourth-order valence-corrected chi connectivity index (χ4v) is 3.47. The summed E-state index contributed by atoms with van der Waals surface area (Å²) in [5.41, 5.74) is 2.62. The van der Waals surface area contributed by atoms with Crippen LogP contribution in [0.5, 0.6) is 0 Å². The Labute approximate surface area is 135 Å². The minimum Gasteiger partial charge on any atom is -0.360 e. The predicted molar refractivity (Wildman–Crippen MR) is 84.4 cm³/mol. The van der Waals surface area contributed by atoms with Crippen molar-refractivity contribution in [2.45, 2.75) is 51.5 Å². The third kappa shape index (κ3) is 2.78. The van der Waals surface area contributed by atoms with Crippen molar-refractivity contribution in [2.75, 3.05) is 13.1 Å². The number of rotatable bonds is 3. The minimum absolute atomic E-state index is 0.0214. The van der Waals surface area contributed by atoms with E-state index in [0.29, 0.717) is 18.2 Å². The lowest BCUT2D eigenvalue weighted by molar-refractivity contribution is 0.0661. The summed E-state index contributed by atoms with van der Waals surface area (Å²) in [6.45, 7) is 5.54. The zero-order valence-electron chi connectivity index (χ0n) is 13.7. The summed E-state index contributed by atoms with van der Waals surface area (Å²) in [6.07, 6.45) is 4.33. The van der Waals surface area contributed by atoms with Gasteiger partial charge in [-0.25, -0.2) is 0 Å². The predicted octanol–water partition coefficient (Wildman–Crippen LogP) is 2.84. The van der Waals surface area contributed by atoms with E-state index in [9.17, 15) is 4.79 Å². The monoisotopic (exact) mass is 314 g/mol. The molecule has 1 unspecified atom stereocenters. The van der Waals surface area contributed by atoms with Crippen LogP contribution in [0, 0.1) is 13.8 Å². The van der Waals surface area contributed by atoms with Crippen molar-refractivity contribution in [1.82, 2.24) is 19.8 Å². The van der Waals surface area contributed by atoms with E-state index in [4.69, 9.17) is 4.52 Å². The molecular formula is C17H22N4O2. The van der Waals surface area contributed by atoms with Gasteiger partial charge in [-0.15, -0.1) is 0 Å². The molecule has 0 spiro atoms. The van der Waals surface area contributed by atoms with E-state index >= 15 is 0 Å². The van der Waals surface area contributed by atoms with E-state index < -0.39 is 0 Å². The van der Waals surface area contributed by atoms with Crippen LogP contribution >= 0.6 is 0 Å². The number of carbonyl (C=O) groups is 1. The molecule has 2 aromatic rings. The van der Waals surface area contributed by atoms with E-state index in [2.05, 4.69) is 27.9 Å². The number of aromatic nitrogens is 3. The van der Waals surface area contributed by atoms with Crippen molar-refractivity contribution >= 4 is 5.91 Å². The molecule has 0 N–H and O–H groups in total. The van der Waals surface area contributed by atoms with Crippen LogP contribution in [-0.4, -0.2) is 38.8 Å². The van der Waals surface area contributed by atoms with Gasteiger partial charge in [0.05, 0.1) is 11.7 Å². The van der Waals surface area contributed by atoms with E-state index in [-0.39, 0.29) is 11.9 Å². The molecule has 1 saturated carbocycles. The number of aryl methyl sites for hydroxylation is 2.